The predicted octanol–water partition coefficient (Wildman–Crippen LogP) is 9.30. The van der Waals surface area contributed by atoms with Crippen molar-refractivity contribution in [2.45, 2.75) is 116 Å². The summed E-state index contributed by atoms with van der Waals surface area (Å²) in [4.78, 5) is 0. The number of rotatable bonds is 10. The molecule has 1 aromatic rings. The third kappa shape index (κ3) is 6.79. The lowest BCUT2D eigenvalue weighted by Gasteiger charge is -2.39. The second kappa shape index (κ2) is 12.7. The fraction of sp³-hybridized carbons (Fsp3) is 0.759. The Balaban J connectivity index is 1.39. The summed E-state index contributed by atoms with van der Waals surface area (Å²) in [6.45, 7) is 4.74. The molecular formula is C29H43F2N. The van der Waals surface area contributed by atoms with E-state index in [0.29, 0.717) is 0 Å². The predicted molar refractivity (Wildman–Crippen MR) is 128 cm³/mol. The van der Waals surface area contributed by atoms with Crippen molar-refractivity contribution in [2.24, 2.45) is 23.7 Å². The Morgan fingerprint density at radius 2 is 1.38 bits per heavy atom. The molecule has 0 radical (unpaired) electrons. The Morgan fingerprint density at radius 1 is 0.844 bits per heavy atom. The second-order valence-corrected chi connectivity index (χ2v) is 10.8. The van der Waals surface area contributed by atoms with Gasteiger partial charge in [0, 0.05) is 0 Å². The summed E-state index contributed by atoms with van der Waals surface area (Å²) in [5, 5.41) is 8.89. The minimum Gasteiger partial charge on any atom is -0.205 e. The van der Waals surface area contributed by atoms with Crippen LogP contribution >= 0.6 is 0 Å². The van der Waals surface area contributed by atoms with Crippen molar-refractivity contribution in [1.29, 1.82) is 5.26 Å². The molecular weight excluding hydrogens is 400 g/mol. The number of halogens is 2. The summed E-state index contributed by atoms with van der Waals surface area (Å²) >= 11 is 0. The van der Waals surface area contributed by atoms with Gasteiger partial charge in [-0.15, -0.1) is 0 Å². The fourth-order valence-electron chi connectivity index (χ4n) is 6.51. The van der Waals surface area contributed by atoms with Gasteiger partial charge in [0.25, 0.3) is 0 Å². The molecule has 0 aromatic heterocycles. The first-order valence-corrected chi connectivity index (χ1v) is 13.4. The summed E-state index contributed by atoms with van der Waals surface area (Å²) in [5.41, 5.74) is 0.281. The molecule has 1 unspecified atom stereocenters. The summed E-state index contributed by atoms with van der Waals surface area (Å²) in [7, 11) is 0. The number of nitrogens with zero attached hydrogens (tertiary/aromatic N) is 1. The zero-order chi connectivity index (χ0) is 22.9. The lowest BCUT2D eigenvalue weighted by Crippen LogP contribution is -2.28. The van der Waals surface area contributed by atoms with Crippen LogP contribution in [-0.2, 0) is 0 Å². The maximum Gasteiger partial charge on any atom is 0.144 e. The third-order valence-corrected chi connectivity index (χ3v) is 8.76. The molecule has 0 N–H and O–H groups in total. The Morgan fingerprint density at radius 3 is 1.94 bits per heavy atom. The van der Waals surface area contributed by atoms with E-state index in [1.807, 2.05) is 0 Å². The van der Waals surface area contributed by atoms with E-state index in [1.54, 1.807) is 6.07 Å². The highest BCUT2D eigenvalue weighted by atomic mass is 19.1. The molecule has 0 aliphatic heterocycles. The number of hydrogen-bond acceptors (Lipinski definition) is 1. The first kappa shape index (κ1) is 25.2. The van der Waals surface area contributed by atoms with Crippen molar-refractivity contribution in [3.63, 3.8) is 0 Å². The van der Waals surface area contributed by atoms with Gasteiger partial charge in [-0.3, -0.25) is 0 Å². The smallest absolute Gasteiger partial charge is 0.144 e. The highest BCUT2D eigenvalue weighted by Crippen LogP contribution is 2.45. The van der Waals surface area contributed by atoms with Gasteiger partial charge in [-0.05, 0) is 85.8 Å². The van der Waals surface area contributed by atoms with Gasteiger partial charge < -0.3 is 0 Å². The second-order valence-electron chi connectivity index (χ2n) is 10.8. The molecule has 0 amide bonds. The van der Waals surface area contributed by atoms with Crippen LogP contribution in [0.2, 0.25) is 0 Å². The van der Waals surface area contributed by atoms with Crippen LogP contribution in [0.15, 0.2) is 12.1 Å². The van der Waals surface area contributed by atoms with Gasteiger partial charge in [0.05, 0.1) is 0 Å². The average Bonchev–Trinajstić information content (AvgIpc) is 2.81. The van der Waals surface area contributed by atoms with E-state index in [9.17, 15) is 8.78 Å². The topological polar surface area (TPSA) is 23.8 Å². The molecule has 0 heterocycles. The molecule has 0 saturated heterocycles. The average molecular weight is 444 g/mol. The van der Waals surface area contributed by atoms with Crippen LogP contribution in [-0.4, -0.2) is 0 Å². The summed E-state index contributed by atoms with van der Waals surface area (Å²) in [6, 6.07) is 4.41. The van der Waals surface area contributed by atoms with E-state index >= 15 is 0 Å². The maximum atomic E-state index is 14.0. The molecule has 2 saturated carbocycles. The molecule has 0 spiro atoms. The van der Waals surface area contributed by atoms with Crippen molar-refractivity contribution < 1.29 is 8.78 Å². The first-order valence-electron chi connectivity index (χ1n) is 13.4. The molecule has 1 aromatic carbocycles. The molecule has 0 bridgehead atoms. The van der Waals surface area contributed by atoms with Gasteiger partial charge in [-0.2, -0.15) is 5.26 Å². The molecule has 1 nitrogen and oxygen atoms in total. The van der Waals surface area contributed by atoms with Crippen LogP contribution in [0.3, 0.4) is 0 Å². The van der Waals surface area contributed by atoms with Crippen LogP contribution in [0.4, 0.5) is 8.78 Å². The van der Waals surface area contributed by atoms with Gasteiger partial charge in [-0.25, -0.2) is 8.78 Å². The van der Waals surface area contributed by atoms with Crippen molar-refractivity contribution in [1.82, 2.24) is 0 Å². The van der Waals surface area contributed by atoms with Crippen LogP contribution in [0.5, 0.6) is 0 Å². The number of unbranched alkanes of at least 4 members (excludes halogenated alkanes) is 5. The normalized spacial score (nSPS) is 27.1. The van der Waals surface area contributed by atoms with E-state index in [4.69, 9.17) is 5.26 Å². The van der Waals surface area contributed by atoms with E-state index in [-0.39, 0.29) is 5.92 Å². The van der Waals surface area contributed by atoms with E-state index in [1.165, 1.54) is 82.8 Å². The minimum atomic E-state index is -0.712. The Bertz CT molecular complexity index is 713. The van der Waals surface area contributed by atoms with Crippen LogP contribution in [0, 0.1) is 46.6 Å². The largest absolute Gasteiger partial charge is 0.205 e. The Labute approximate surface area is 195 Å². The van der Waals surface area contributed by atoms with Crippen molar-refractivity contribution in [3.05, 3.63) is 34.9 Å². The molecule has 1 atom stereocenters. The monoisotopic (exact) mass is 443 g/mol. The molecule has 32 heavy (non-hydrogen) atoms. The lowest BCUT2D eigenvalue weighted by atomic mass is 9.66. The minimum absolute atomic E-state index is 0.225. The Hall–Kier alpha value is -1.43. The summed E-state index contributed by atoms with van der Waals surface area (Å²) < 4.78 is 28.1. The quantitative estimate of drug-likeness (QED) is 0.330. The summed E-state index contributed by atoms with van der Waals surface area (Å²) in [5.74, 6) is 2.14. The fourth-order valence-corrected chi connectivity index (χ4v) is 6.51. The molecule has 2 fully saturated rings. The first-order chi connectivity index (χ1) is 15.5. The van der Waals surface area contributed by atoms with E-state index in [2.05, 4.69) is 13.8 Å². The standard InChI is InChI=1S/C29H43F2N/c1-3-4-5-6-7-8-9-22-10-12-23(13-11-22)21(2)24-14-16-25(17-15-24)26-18-28(30)27(20-32)29(31)19-26/h18-19,21-25H,3-17H2,1-2H3/t21?,22?,23?,24-,25-. The van der Waals surface area contributed by atoms with Crippen molar-refractivity contribution in [2.75, 3.05) is 0 Å². The molecule has 2 aliphatic carbocycles. The van der Waals surface area contributed by atoms with E-state index < -0.39 is 17.2 Å². The third-order valence-electron chi connectivity index (χ3n) is 8.76. The van der Waals surface area contributed by atoms with Crippen LogP contribution in [0.1, 0.15) is 127 Å². The lowest BCUT2D eigenvalue weighted by molar-refractivity contribution is 0.131. The van der Waals surface area contributed by atoms with Crippen LogP contribution < -0.4 is 0 Å². The molecule has 2 aliphatic rings. The van der Waals surface area contributed by atoms with Crippen molar-refractivity contribution >= 4 is 0 Å². The van der Waals surface area contributed by atoms with Gasteiger partial charge in [0.15, 0.2) is 0 Å². The van der Waals surface area contributed by atoms with Gasteiger partial charge in [0.1, 0.15) is 23.3 Å². The number of benzene rings is 1. The van der Waals surface area contributed by atoms with Gasteiger partial charge >= 0.3 is 0 Å². The van der Waals surface area contributed by atoms with Crippen molar-refractivity contribution in [3.8, 4) is 6.07 Å². The number of nitriles is 1. The Kier molecular flexibility index (Phi) is 10.0. The van der Waals surface area contributed by atoms with Gasteiger partial charge in [0.2, 0.25) is 0 Å². The summed E-state index contributed by atoms with van der Waals surface area (Å²) in [6.07, 6.45) is 19.8. The highest BCUT2D eigenvalue weighted by molar-refractivity contribution is 5.36. The van der Waals surface area contributed by atoms with Crippen LogP contribution in [0.25, 0.3) is 0 Å². The molecule has 178 valence electrons. The van der Waals surface area contributed by atoms with E-state index in [0.717, 1.165) is 54.9 Å². The SMILES string of the molecule is CCCCCCCCC1CCC(C(C)[C@H]2CC[C@H](c3cc(F)c(C#N)c(F)c3)CC2)CC1. The highest BCUT2D eigenvalue weighted by Gasteiger charge is 2.33. The molecule has 3 heteroatoms. The number of hydrogen-bond donors (Lipinski definition) is 0. The zero-order valence-corrected chi connectivity index (χ0v) is 20.4. The zero-order valence-electron chi connectivity index (χ0n) is 20.4. The van der Waals surface area contributed by atoms with Gasteiger partial charge in [-0.1, -0.05) is 71.6 Å². The maximum absolute atomic E-state index is 14.0. The molecule has 3 rings (SSSR count).